The van der Waals surface area contributed by atoms with Gasteiger partial charge in [-0.05, 0) is 64.9 Å². The minimum absolute atomic E-state index is 0.0501. The van der Waals surface area contributed by atoms with Crippen LogP contribution in [0.25, 0.3) is 21.5 Å². The van der Waals surface area contributed by atoms with E-state index in [1.807, 2.05) is 24.3 Å². The molecule has 0 saturated carbocycles. The van der Waals surface area contributed by atoms with Gasteiger partial charge in [-0.25, -0.2) is 0 Å². The molecule has 4 unspecified atom stereocenters. The summed E-state index contributed by atoms with van der Waals surface area (Å²) < 4.78 is 23.7. The van der Waals surface area contributed by atoms with E-state index >= 15 is 0 Å². The second-order valence-corrected chi connectivity index (χ2v) is 12.7. The van der Waals surface area contributed by atoms with Gasteiger partial charge in [-0.3, -0.25) is 9.59 Å². The molecule has 3 aromatic rings. The summed E-state index contributed by atoms with van der Waals surface area (Å²) in [4.78, 5) is 25.1. The highest BCUT2D eigenvalue weighted by Gasteiger charge is 2.38. The van der Waals surface area contributed by atoms with Crippen molar-refractivity contribution in [3.63, 3.8) is 0 Å². The molecule has 0 aliphatic rings. The normalized spacial score (nSPS) is 15.2. The minimum atomic E-state index is -3.41. The summed E-state index contributed by atoms with van der Waals surface area (Å²) in [5.74, 6) is -5.02. The van der Waals surface area contributed by atoms with Crippen LogP contribution < -0.4 is 0 Å². The SMILES string of the molecule is O=C(CCCc1ccc2cc3ccccc3cc2c1)OC([C@H](CO)OC(=O)CCCCCBr)[PH](=O)C(O)C(O)CO. The number of carbonyl (C=O) groups excluding carboxylic acids is 2. The van der Waals surface area contributed by atoms with Gasteiger partial charge in [0.1, 0.15) is 19.8 Å². The summed E-state index contributed by atoms with van der Waals surface area (Å²) in [5, 5.41) is 44.3. The second kappa shape index (κ2) is 16.9. The third kappa shape index (κ3) is 9.87. The number of alkyl halides is 1. The molecule has 0 radical (unpaired) electrons. The fourth-order valence-electron chi connectivity index (χ4n) is 4.52. The standard InChI is InChI=1S/C30H38BrO9P/c31-14-5-1-2-10-27(35)39-26(19-33)30(41(38)29(37)25(34)18-32)40-28(36)11-6-7-20-12-13-23-16-21-8-3-4-9-22(21)17-24(23)15-20/h3-4,8-9,12-13,15-17,25-26,29-30,32-34,37,41H,1-2,5-7,10-11,14,18-19H2/t25?,26-,29?,30?/m0/s1. The van der Waals surface area contributed by atoms with Gasteiger partial charge in [-0.15, -0.1) is 0 Å². The largest absolute Gasteiger partial charge is 0.455 e. The van der Waals surface area contributed by atoms with Gasteiger partial charge in [0.25, 0.3) is 0 Å². The lowest BCUT2D eigenvalue weighted by Gasteiger charge is -2.28. The Labute approximate surface area is 248 Å². The van der Waals surface area contributed by atoms with Gasteiger partial charge >= 0.3 is 11.9 Å². The molecule has 5 atom stereocenters. The zero-order valence-electron chi connectivity index (χ0n) is 22.8. The highest BCUT2D eigenvalue weighted by Crippen LogP contribution is 2.39. The lowest BCUT2D eigenvalue weighted by atomic mass is 10.00. The van der Waals surface area contributed by atoms with Crippen molar-refractivity contribution in [3.8, 4) is 0 Å². The highest BCUT2D eigenvalue weighted by atomic mass is 79.9. The molecule has 0 aromatic heterocycles. The zero-order valence-corrected chi connectivity index (χ0v) is 25.4. The maximum Gasteiger partial charge on any atom is 0.306 e. The van der Waals surface area contributed by atoms with E-state index in [1.165, 1.54) is 0 Å². The summed E-state index contributed by atoms with van der Waals surface area (Å²) in [6, 6.07) is 18.5. The number of hydrogen-bond acceptors (Lipinski definition) is 9. The predicted molar refractivity (Wildman–Crippen MR) is 162 cm³/mol. The lowest BCUT2D eigenvalue weighted by Crippen LogP contribution is -2.39. The van der Waals surface area contributed by atoms with E-state index in [2.05, 4.69) is 46.3 Å². The molecular weight excluding hydrogens is 615 g/mol. The van der Waals surface area contributed by atoms with E-state index in [9.17, 15) is 29.5 Å². The van der Waals surface area contributed by atoms with E-state index < -0.39 is 56.9 Å². The third-order valence-electron chi connectivity index (χ3n) is 6.81. The van der Waals surface area contributed by atoms with E-state index in [1.54, 1.807) is 0 Å². The number of aryl methyl sites for hydroxylation is 1. The smallest absolute Gasteiger partial charge is 0.306 e. The Balaban J connectivity index is 1.63. The van der Waals surface area contributed by atoms with Gasteiger partial charge < -0.3 is 34.5 Å². The first kappa shape index (κ1) is 33.2. The van der Waals surface area contributed by atoms with Crippen LogP contribution in [0, 0.1) is 0 Å². The van der Waals surface area contributed by atoms with Crippen molar-refractivity contribution >= 4 is 57.2 Å². The number of benzene rings is 3. The average Bonchev–Trinajstić information content (AvgIpc) is 2.98. The number of rotatable bonds is 17. The Kier molecular flexibility index (Phi) is 13.7. The fraction of sp³-hybridized carbons (Fsp3) is 0.467. The van der Waals surface area contributed by atoms with E-state index in [0.717, 1.165) is 45.3 Å². The molecule has 0 aliphatic carbocycles. The lowest BCUT2D eigenvalue weighted by molar-refractivity contribution is -0.165. The Hall–Kier alpha value is -2.33. The van der Waals surface area contributed by atoms with Crippen LogP contribution in [0.15, 0.2) is 54.6 Å². The van der Waals surface area contributed by atoms with E-state index in [4.69, 9.17) is 14.6 Å². The van der Waals surface area contributed by atoms with Crippen LogP contribution in [0.3, 0.4) is 0 Å². The Bertz CT molecular complexity index is 1320. The molecule has 0 spiro atoms. The number of unbranched alkanes of at least 4 members (excludes halogenated alkanes) is 2. The zero-order chi connectivity index (χ0) is 29.8. The van der Waals surface area contributed by atoms with Crippen LogP contribution in [-0.4, -0.2) is 74.8 Å². The van der Waals surface area contributed by atoms with Crippen molar-refractivity contribution in [2.24, 2.45) is 0 Å². The molecule has 0 bridgehead atoms. The quantitative estimate of drug-likeness (QED) is 0.0551. The topological polar surface area (TPSA) is 151 Å². The van der Waals surface area contributed by atoms with Crippen molar-refractivity contribution < 1.29 is 44.1 Å². The maximum absolute atomic E-state index is 13.1. The number of fused-ring (bicyclic) bond motifs is 2. The van der Waals surface area contributed by atoms with Gasteiger partial charge in [0.05, 0.1) is 13.2 Å². The van der Waals surface area contributed by atoms with E-state index in [0.29, 0.717) is 19.3 Å². The maximum atomic E-state index is 13.1. The monoisotopic (exact) mass is 652 g/mol. The molecule has 224 valence electrons. The van der Waals surface area contributed by atoms with Crippen LogP contribution in [0.5, 0.6) is 0 Å². The van der Waals surface area contributed by atoms with Crippen LogP contribution in [0.2, 0.25) is 0 Å². The number of aliphatic hydroxyl groups is 4. The average molecular weight is 654 g/mol. The Morgan fingerprint density at radius 3 is 2.07 bits per heavy atom. The van der Waals surface area contributed by atoms with Crippen molar-refractivity contribution in [2.75, 3.05) is 18.5 Å². The summed E-state index contributed by atoms with van der Waals surface area (Å²) in [6.45, 7) is -1.69. The molecule has 4 N–H and O–H groups in total. The summed E-state index contributed by atoms with van der Waals surface area (Å²) in [6.07, 6.45) is -0.107. The van der Waals surface area contributed by atoms with Crippen LogP contribution >= 0.6 is 23.7 Å². The highest BCUT2D eigenvalue weighted by molar-refractivity contribution is 9.09. The molecule has 0 saturated heterocycles. The second-order valence-electron chi connectivity index (χ2n) is 9.95. The fourth-order valence-corrected chi connectivity index (χ4v) is 6.53. The third-order valence-corrected chi connectivity index (χ3v) is 9.39. The van der Waals surface area contributed by atoms with E-state index in [-0.39, 0.29) is 12.8 Å². The molecule has 3 aromatic carbocycles. The molecule has 11 heteroatoms. The first-order valence-corrected chi connectivity index (χ1v) is 16.4. The van der Waals surface area contributed by atoms with Gasteiger partial charge in [-0.1, -0.05) is 64.8 Å². The number of ether oxygens (including phenoxy) is 2. The van der Waals surface area contributed by atoms with Crippen molar-refractivity contribution in [1.82, 2.24) is 0 Å². The van der Waals surface area contributed by atoms with Crippen molar-refractivity contribution in [1.29, 1.82) is 0 Å². The van der Waals surface area contributed by atoms with Gasteiger partial charge in [-0.2, -0.15) is 0 Å². The molecule has 0 aliphatic heterocycles. The van der Waals surface area contributed by atoms with Gasteiger partial charge in [0.15, 0.2) is 11.9 Å². The van der Waals surface area contributed by atoms with Crippen molar-refractivity contribution in [2.45, 2.75) is 68.8 Å². The number of hydrogen-bond donors (Lipinski definition) is 4. The molecule has 41 heavy (non-hydrogen) atoms. The molecule has 0 amide bonds. The van der Waals surface area contributed by atoms with Crippen molar-refractivity contribution in [3.05, 3.63) is 60.2 Å². The number of halogens is 1. The molecular formula is C30H38BrO9P. The van der Waals surface area contributed by atoms with Gasteiger partial charge in [0.2, 0.25) is 0 Å². The van der Waals surface area contributed by atoms with Crippen LogP contribution in [0.4, 0.5) is 0 Å². The molecule has 3 rings (SSSR count). The summed E-state index contributed by atoms with van der Waals surface area (Å²) in [5.41, 5.74) is 1.02. The molecule has 0 fully saturated rings. The van der Waals surface area contributed by atoms with Crippen LogP contribution in [-0.2, 0) is 30.0 Å². The summed E-state index contributed by atoms with van der Waals surface area (Å²) >= 11 is 3.31. The predicted octanol–water partition coefficient (Wildman–Crippen LogP) is 4.28. The first-order chi connectivity index (χ1) is 19.8. The first-order valence-electron chi connectivity index (χ1n) is 13.7. The van der Waals surface area contributed by atoms with Crippen LogP contribution in [0.1, 0.15) is 44.1 Å². The summed E-state index contributed by atoms with van der Waals surface area (Å²) in [7, 11) is -3.41. The van der Waals surface area contributed by atoms with Gasteiger partial charge in [0, 0.05) is 18.2 Å². The number of carbonyl (C=O) groups is 2. The molecule has 9 nitrogen and oxygen atoms in total. The Morgan fingerprint density at radius 1 is 0.780 bits per heavy atom. The number of aliphatic hydroxyl groups excluding tert-OH is 4. The number of esters is 2. The minimum Gasteiger partial charge on any atom is -0.455 e. The molecule has 0 heterocycles. The Morgan fingerprint density at radius 2 is 1.41 bits per heavy atom.